The van der Waals surface area contributed by atoms with Crippen molar-refractivity contribution in [3.05, 3.63) is 35.0 Å². The highest BCUT2D eigenvalue weighted by molar-refractivity contribution is 5.94. The summed E-state index contributed by atoms with van der Waals surface area (Å²) in [5.41, 5.74) is 1.39. The third-order valence-electron chi connectivity index (χ3n) is 6.85. The van der Waals surface area contributed by atoms with Gasteiger partial charge in [0.2, 0.25) is 0 Å². The summed E-state index contributed by atoms with van der Waals surface area (Å²) in [7, 11) is 0. The molecule has 0 radical (unpaired) electrons. The topological polar surface area (TPSA) is 156 Å². The third-order valence-corrected chi connectivity index (χ3v) is 6.85. The van der Waals surface area contributed by atoms with Crippen molar-refractivity contribution in [1.82, 2.24) is 19.9 Å². The van der Waals surface area contributed by atoms with Gasteiger partial charge in [-0.25, -0.2) is 23.9 Å². The zero-order valence-electron chi connectivity index (χ0n) is 22.6. The van der Waals surface area contributed by atoms with E-state index in [4.69, 9.17) is 14.2 Å². The number of carbonyl (C=O) groups is 3. The fourth-order valence-corrected chi connectivity index (χ4v) is 5.01. The number of hydrogen-bond acceptors (Lipinski definition) is 10. The Morgan fingerprint density at radius 1 is 1.27 bits per heavy atom. The molecule has 4 heterocycles. The van der Waals surface area contributed by atoms with Crippen LogP contribution in [0.5, 0.6) is 5.88 Å². The van der Waals surface area contributed by atoms with Gasteiger partial charge in [0.05, 0.1) is 25.5 Å². The van der Waals surface area contributed by atoms with Crippen molar-refractivity contribution >= 4 is 29.7 Å². The summed E-state index contributed by atoms with van der Waals surface area (Å²) in [6.07, 6.45) is -0.212. The number of carbonyl (C=O) groups excluding carboxylic acids is 3. The molecule has 14 heteroatoms. The van der Waals surface area contributed by atoms with Crippen LogP contribution in [0.25, 0.3) is 0 Å². The molecule has 0 saturated carbocycles. The number of aliphatic hydroxyl groups is 1. The van der Waals surface area contributed by atoms with Crippen LogP contribution in [0.3, 0.4) is 0 Å². The van der Waals surface area contributed by atoms with Crippen LogP contribution in [0.15, 0.2) is 12.4 Å². The number of halogens is 1. The molecule has 13 nitrogen and oxygen atoms in total. The SMILES string of the molecule is Cc1ncc(F)c2c1CC(CN(C[C@@H](O)[C@H]1CN(c3cnc4c(n3)NC(=O)CO4)C(=O)O1)C(=O)OC(C)(C)C)C2. The number of nitrogens with zero attached hydrogens (tertiary/aromatic N) is 5. The first-order valence-corrected chi connectivity index (χ1v) is 12.9. The molecular weight excluding hydrogens is 527 g/mol. The van der Waals surface area contributed by atoms with Crippen molar-refractivity contribution < 1.29 is 38.1 Å². The molecule has 2 aliphatic heterocycles. The van der Waals surface area contributed by atoms with Crippen LogP contribution in [0.4, 0.5) is 25.6 Å². The average Bonchev–Trinajstić information content (AvgIpc) is 3.49. The highest BCUT2D eigenvalue weighted by Gasteiger charge is 2.40. The molecular formula is C26H31FN6O7. The van der Waals surface area contributed by atoms with E-state index in [1.54, 1.807) is 20.8 Å². The Kier molecular flexibility index (Phi) is 7.21. The Morgan fingerprint density at radius 3 is 2.75 bits per heavy atom. The number of rotatable bonds is 6. The molecule has 2 N–H and O–H groups in total. The summed E-state index contributed by atoms with van der Waals surface area (Å²) >= 11 is 0. The molecule has 3 atom stereocenters. The first kappa shape index (κ1) is 27.5. The summed E-state index contributed by atoms with van der Waals surface area (Å²) in [5, 5.41) is 13.6. The van der Waals surface area contributed by atoms with E-state index >= 15 is 0 Å². The number of aliphatic hydroxyl groups excluding tert-OH is 1. The van der Waals surface area contributed by atoms with Crippen molar-refractivity contribution in [1.29, 1.82) is 0 Å². The zero-order chi connectivity index (χ0) is 28.8. The maximum atomic E-state index is 14.4. The molecule has 5 rings (SSSR count). The molecule has 40 heavy (non-hydrogen) atoms. The maximum Gasteiger partial charge on any atom is 0.416 e. The van der Waals surface area contributed by atoms with E-state index in [9.17, 15) is 23.9 Å². The molecule has 2 aromatic rings. The predicted molar refractivity (Wildman–Crippen MR) is 137 cm³/mol. The second kappa shape index (κ2) is 10.5. The van der Waals surface area contributed by atoms with Gasteiger partial charge in [0.15, 0.2) is 18.2 Å². The molecule has 1 aliphatic carbocycles. The third kappa shape index (κ3) is 5.76. The van der Waals surface area contributed by atoms with Crippen LogP contribution in [0.2, 0.25) is 0 Å². The van der Waals surface area contributed by atoms with E-state index in [1.165, 1.54) is 22.2 Å². The second-order valence-corrected chi connectivity index (χ2v) is 11.1. The monoisotopic (exact) mass is 558 g/mol. The first-order chi connectivity index (χ1) is 18.9. The van der Waals surface area contributed by atoms with E-state index in [0.29, 0.717) is 18.4 Å². The van der Waals surface area contributed by atoms with Crippen LogP contribution in [-0.2, 0) is 27.1 Å². The second-order valence-electron chi connectivity index (χ2n) is 11.1. The Morgan fingerprint density at radius 2 is 2.02 bits per heavy atom. The number of pyridine rings is 1. The molecule has 0 bridgehead atoms. The zero-order valence-corrected chi connectivity index (χ0v) is 22.6. The average molecular weight is 559 g/mol. The van der Waals surface area contributed by atoms with Crippen molar-refractivity contribution in [2.24, 2.45) is 5.92 Å². The summed E-state index contributed by atoms with van der Waals surface area (Å²) in [6, 6.07) is 0. The molecule has 3 aliphatic rings. The lowest BCUT2D eigenvalue weighted by Gasteiger charge is -2.31. The lowest BCUT2D eigenvalue weighted by Crippen LogP contribution is -2.47. The van der Waals surface area contributed by atoms with Gasteiger partial charge in [-0.3, -0.25) is 14.7 Å². The van der Waals surface area contributed by atoms with Gasteiger partial charge in [-0.1, -0.05) is 0 Å². The lowest BCUT2D eigenvalue weighted by molar-refractivity contribution is -0.118. The maximum absolute atomic E-state index is 14.4. The lowest BCUT2D eigenvalue weighted by atomic mass is 10.0. The van der Waals surface area contributed by atoms with Crippen molar-refractivity contribution in [3.8, 4) is 5.88 Å². The van der Waals surface area contributed by atoms with E-state index in [1.807, 2.05) is 6.92 Å². The Hall–Kier alpha value is -4.07. The number of cyclic esters (lactones) is 1. The fourth-order valence-electron chi connectivity index (χ4n) is 5.01. The molecule has 214 valence electrons. The van der Waals surface area contributed by atoms with E-state index in [2.05, 4.69) is 20.3 Å². The molecule has 3 amide bonds. The van der Waals surface area contributed by atoms with Crippen LogP contribution in [-0.4, -0.2) is 87.1 Å². The quantitative estimate of drug-likeness (QED) is 0.537. The summed E-state index contributed by atoms with van der Waals surface area (Å²) in [5.74, 6) is -0.596. The van der Waals surface area contributed by atoms with Crippen molar-refractivity contribution in [2.75, 3.05) is 36.5 Å². The van der Waals surface area contributed by atoms with Gasteiger partial charge in [0, 0.05) is 12.2 Å². The number of ether oxygens (including phenoxy) is 3. The van der Waals surface area contributed by atoms with Gasteiger partial charge < -0.3 is 29.5 Å². The first-order valence-electron chi connectivity index (χ1n) is 12.9. The van der Waals surface area contributed by atoms with Gasteiger partial charge in [-0.2, -0.15) is 0 Å². The van der Waals surface area contributed by atoms with Crippen molar-refractivity contribution in [2.45, 2.75) is 58.3 Å². The van der Waals surface area contributed by atoms with Gasteiger partial charge in [-0.05, 0) is 57.6 Å². The molecule has 1 saturated heterocycles. The van der Waals surface area contributed by atoms with Crippen LogP contribution < -0.4 is 15.0 Å². The van der Waals surface area contributed by atoms with E-state index in [0.717, 1.165) is 11.3 Å². The highest BCUT2D eigenvalue weighted by atomic mass is 19.1. The van der Waals surface area contributed by atoms with Crippen LogP contribution in [0.1, 0.15) is 37.6 Å². The number of amides is 3. The van der Waals surface area contributed by atoms with E-state index < -0.39 is 35.9 Å². The van der Waals surface area contributed by atoms with Crippen LogP contribution in [0, 0.1) is 18.7 Å². The van der Waals surface area contributed by atoms with Gasteiger partial charge >= 0.3 is 12.2 Å². The predicted octanol–water partition coefficient (Wildman–Crippen LogP) is 1.99. The number of aromatic nitrogens is 3. The fraction of sp³-hybridized carbons (Fsp3) is 0.538. The van der Waals surface area contributed by atoms with E-state index in [-0.39, 0.29) is 55.5 Å². The Labute approximate surface area is 229 Å². The minimum atomic E-state index is -1.26. The number of fused-ring (bicyclic) bond motifs is 2. The minimum Gasteiger partial charge on any atom is -0.465 e. The van der Waals surface area contributed by atoms with Gasteiger partial charge in [-0.15, -0.1) is 0 Å². The molecule has 0 aromatic carbocycles. The molecule has 1 fully saturated rings. The van der Waals surface area contributed by atoms with Gasteiger partial charge in [0.1, 0.15) is 23.6 Å². The number of aryl methyl sites for hydroxylation is 1. The largest absolute Gasteiger partial charge is 0.465 e. The Bertz CT molecular complexity index is 1320. The molecule has 1 unspecified atom stereocenters. The summed E-state index contributed by atoms with van der Waals surface area (Å²) in [4.78, 5) is 52.4. The Balaban J connectivity index is 1.28. The number of anilines is 2. The number of nitrogens with one attached hydrogen (secondary N) is 1. The highest BCUT2D eigenvalue weighted by Crippen LogP contribution is 2.32. The summed E-state index contributed by atoms with van der Waals surface area (Å²) in [6.45, 7) is 6.77. The number of hydrogen-bond donors (Lipinski definition) is 2. The molecule has 0 spiro atoms. The normalized spacial score (nSPS) is 20.7. The standard InChI is InChI=1S/C26H31FN6O7/c1-13-15-5-14(6-16(15)17(27)7-28-13)9-32(24(36)40-26(2,3)4)10-18(34)19-11-33(25(37)39-19)20-8-29-23-22(30-20)31-21(35)12-38-23/h7-8,14,18-19,34H,5-6,9-12H2,1-4H3,(H,30,31,35)/t14?,18-,19-/m1/s1. The van der Waals surface area contributed by atoms with Crippen LogP contribution >= 0.6 is 0 Å². The van der Waals surface area contributed by atoms with Crippen molar-refractivity contribution in [3.63, 3.8) is 0 Å². The van der Waals surface area contributed by atoms with Gasteiger partial charge in [0.25, 0.3) is 11.8 Å². The minimum absolute atomic E-state index is 0.0704. The smallest absolute Gasteiger partial charge is 0.416 e. The summed E-state index contributed by atoms with van der Waals surface area (Å²) < 4.78 is 30.6. The molecule has 2 aromatic heterocycles.